The van der Waals surface area contributed by atoms with Crippen molar-refractivity contribution in [3.05, 3.63) is 51.8 Å². The Labute approximate surface area is 143 Å². The van der Waals surface area contributed by atoms with E-state index in [-0.39, 0.29) is 17.9 Å². The van der Waals surface area contributed by atoms with E-state index in [1.165, 1.54) is 0 Å². The first-order valence-corrected chi connectivity index (χ1v) is 8.14. The molecule has 1 aromatic carbocycles. The largest absolute Gasteiger partial charge is 0.338 e. The molecule has 0 aliphatic heterocycles. The molecule has 0 fully saturated rings. The zero-order valence-electron chi connectivity index (χ0n) is 14.6. The zero-order chi connectivity index (χ0) is 17.3. The molecule has 2 aromatic rings. The van der Waals surface area contributed by atoms with Crippen LogP contribution in [-0.4, -0.2) is 27.6 Å². The predicted molar refractivity (Wildman–Crippen MR) is 93.7 cm³/mol. The smallest absolute Gasteiger partial charge is 0.230 e. The van der Waals surface area contributed by atoms with Crippen molar-refractivity contribution in [3.8, 4) is 0 Å². The second-order valence-electron chi connectivity index (χ2n) is 6.11. The van der Waals surface area contributed by atoms with Gasteiger partial charge in [0.15, 0.2) is 0 Å². The average Bonchev–Trinajstić information content (AvgIpc) is 2.78. The van der Waals surface area contributed by atoms with Gasteiger partial charge in [-0.25, -0.2) is 0 Å². The molecule has 0 N–H and O–H groups in total. The molecule has 0 saturated heterocycles. The number of aromatic nitrogens is 2. The van der Waals surface area contributed by atoms with E-state index in [0.717, 1.165) is 22.5 Å². The van der Waals surface area contributed by atoms with Crippen LogP contribution in [0.4, 0.5) is 0 Å². The predicted octanol–water partition coefficient (Wildman–Crippen LogP) is 4.01. The maximum absolute atomic E-state index is 12.9. The van der Waals surface area contributed by atoms with Gasteiger partial charge < -0.3 is 4.90 Å². The van der Waals surface area contributed by atoms with Crippen molar-refractivity contribution in [3.63, 3.8) is 0 Å². The highest BCUT2D eigenvalue weighted by Gasteiger charge is 2.27. The van der Waals surface area contributed by atoms with Crippen LogP contribution in [-0.2, 0) is 11.8 Å². The van der Waals surface area contributed by atoms with E-state index < -0.39 is 0 Å². The lowest BCUT2D eigenvalue weighted by Gasteiger charge is -2.28. The minimum absolute atomic E-state index is 0.0144. The SMILES string of the molecule is Cc1nn(C)c(C)c1C(C)C(=O)N(C)C(C)c1ccc(Cl)cc1. The summed E-state index contributed by atoms with van der Waals surface area (Å²) in [6.07, 6.45) is 0. The molecule has 0 bridgehead atoms. The van der Waals surface area contributed by atoms with Crippen LogP contribution in [0.15, 0.2) is 24.3 Å². The third kappa shape index (κ3) is 3.42. The van der Waals surface area contributed by atoms with Crippen LogP contribution in [0.3, 0.4) is 0 Å². The Morgan fingerprint density at radius 3 is 2.26 bits per heavy atom. The first kappa shape index (κ1) is 17.5. The molecule has 124 valence electrons. The van der Waals surface area contributed by atoms with Crippen molar-refractivity contribution in [1.82, 2.24) is 14.7 Å². The first-order chi connectivity index (χ1) is 10.7. The molecular weight excluding hydrogens is 310 g/mol. The number of hydrogen-bond donors (Lipinski definition) is 0. The maximum Gasteiger partial charge on any atom is 0.230 e. The van der Waals surface area contributed by atoms with Gasteiger partial charge in [-0.2, -0.15) is 5.10 Å². The van der Waals surface area contributed by atoms with E-state index in [1.54, 1.807) is 4.90 Å². The molecule has 1 amide bonds. The summed E-state index contributed by atoms with van der Waals surface area (Å²) in [5, 5.41) is 5.12. The zero-order valence-corrected chi connectivity index (χ0v) is 15.3. The van der Waals surface area contributed by atoms with Crippen molar-refractivity contribution >= 4 is 17.5 Å². The molecule has 2 rings (SSSR count). The summed E-state index contributed by atoms with van der Waals surface area (Å²) in [6, 6.07) is 7.61. The Morgan fingerprint density at radius 2 is 1.78 bits per heavy atom. The number of rotatable bonds is 4. The van der Waals surface area contributed by atoms with Crippen molar-refractivity contribution in [1.29, 1.82) is 0 Å². The van der Waals surface area contributed by atoms with Gasteiger partial charge in [-0.05, 0) is 45.4 Å². The van der Waals surface area contributed by atoms with Gasteiger partial charge in [0.1, 0.15) is 0 Å². The van der Waals surface area contributed by atoms with Gasteiger partial charge in [-0.1, -0.05) is 23.7 Å². The number of halogens is 1. The van der Waals surface area contributed by atoms with Crippen molar-refractivity contribution in [2.24, 2.45) is 7.05 Å². The third-order valence-corrected chi connectivity index (χ3v) is 4.90. The molecule has 1 heterocycles. The number of carbonyl (C=O) groups is 1. The molecule has 0 radical (unpaired) electrons. The lowest BCUT2D eigenvalue weighted by atomic mass is 9.96. The first-order valence-electron chi connectivity index (χ1n) is 7.76. The fraction of sp³-hybridized carbons (Fsp3) is 0.444. The van der Waals surface area contributed by atoms with Crippen LogP contribution in [0.2, 0.25) is 5.02 Å². The second-order valence-corrected chi connectivity index (χ2v) is 6.54. The van der Waals surface area contributed by atoms with Crippen LogP contribution in [0.1, 0.15) is 48.3 Å². The average molecular weight is 334 g/mol. The van der Waals surface area contributed by atoms with Gasteiger partial charge in [0.25, 0.3) is 0 Å². The highest BCUT2D eigenvalue weighted by molar-refractivity contribution is 6.30. The number of aryl methyl sites for hydroxylation is 2. The van der Waals surface area contributed by atoms with Crippen LogP contribution < -0.4 is 0 Å². The third-order valence-electron chi connectivity index (χ3n) is 4.65. The Kier molecular flexibility index (Phi) is 5.15. The summed E-state index contributed by atoms with van der Waals surface area (Å²) in [7, 11) is 3.75. The molecule has 0 aliphatic rings. The Balaban J connectivity index is 2.23. The van der Waals surface area contributed by atoms with E-state index in [0.29, 0.717) is 5.02 Å². The lowest BCUT2D eigenvalue weighted by molar-refractivity contribution is -0.133. The molecule has 2 atom stereocenters. The summed E-state index contributed by atoms with van der Waals surface area (Å²) in [4.78, 5) is 14.7. The Bertz CT molecular complexity index is 706. The van der Waals surface area contributed by atoms with Crippen LogP contribution in [0.25, 0.3) is 0 Å². The molecule has 0 aliphatic carbocycles. The minimum atomic E-state index is -0.219. The van der Waals surface area contributed by atoms with Gasteiger partial charge in [-0.3, -0.25) is 9.48 Å². The van der Waals surface area contributed by atoms with Gasteiger partial charge in [-0.15, -0.1) is 0 Å². The summed E-state index contributed by atoms with van der Waals surface area (Å²) < 4.78 is 1.83. The highest BCUT2D eigenvalue weighted by Crippen LogP contribution is 2.28. The summed E-state index contributed by atoms with van der Waals surface area (Å²) in [6.45, 7) is 7.93. The normalized spacial score (nSPS) is 13.7. The number of amides is 1. The van der Waals surface area contributed by atoms with E-state index in [1.807, 2.05) is 70.7 Å². The molecule has 0 spiro atoms. The van der Waals surface area contributed by atoms with E-state index >= 15 is 0 Å². The van der Waals surface area contributed by atoms with Crippen molar-refractivity contribution in [2.45, 2.75) is 39.7 Å². The second kappa shape index (κ2) is 6.75. The van der Waals surface area contributed by atoms with Gasteiger partial charge >= 0.3 is 0 Å². The molecule has 23 heavy (non-hydrogen) atoms. The highest BCUT2D eigenvalue weighted by atomic mass is 35.5. The summed E-state index contributed by atoms with van der Waals surface area (Å²) in [5.74, 6) is -0.130. The number of benzene rings is 1. The van der Waals surface area contributed by atoms with E-state index in [2.05, 4.69) is 5.10 Å². The molecule has 2 unspecified atom stereocenters. The number of nitrogens with zero attached hydrogens (tertiary/aromatic N) is 3. The summed E-state index contributed by atoms with van der Waals surface area (Å²) >= 11 is 5.94. The fourth-order valence-electron chi connectivity index (χ4n) is 3.00. The molecule has 0 saturated carbocycles. The van der Waals surface area contributed by atoms with Gasteiger partial charge in [0.05, 0.1) is 17.7 Å². The molecule has 4 nitrogen and oxygen atoms in total. The molecule has 1 aromatic heterocycles. The molecular formula is C18H24ClN3O. The number of carbonyl (C=O) groups excluding carboxylic acids is 1. The minimum Gasteiger partial charge on any atom is -0.338 e. The van der Waals surface area contributed by atoms with E-state index in [9.17, 15) is 4.79 Å². The van der Waals surface area contributed by atoms with Gasteiger partial charge in [0, 0.05) is 30.4 Å². The lowest BCUT2D eigenvalue weighted by Crippen LogP contribution is -2.33. The quantitative estimate of drug-likeness (QED) is 0.847. The standard InChI is InChI=1S/C18H24ClN3O/c1-11(17-12(2)20-22(6)14(17)4)18(23)21(5)13(3)15-7-9-16(19)10-8-15/h7-11,13H,1-6H3. The van der Waals surface area contributed by atoms with E-state index in [4.69, 9.17) is 11.6 Å². The number of likely N-dealkylation sites (N-methyl/N-ethyl adjacent to an activating group) is 1. The Morgan fingerprint density at radius 1 is 1.22 bits per heavy atom. The van der Waals surface area contributed by atoms with Gasteiger partial charge in [0.2, 0.25) is 5.91 Å². The summed E-state index contributed by atoms with van der Waals surface area (Å²) in [5.41, 5.74) is 4.04. The van der Waals surface area contributed by atoms with Crippen molar-refractivity contribution in [2.75, 3.05) is 7.05 Å². The maximum atomic E-state index is 12.9. The Hall–Kier alpha value is -1.81. The molecule has 5 heteroatoms. The van der Waals surface area contributed by atoms with Crippen LogP contribution in [0, 0.1) is 13.8 Å². The van der Waals surface area contributed by atoms with Crippen molar-refractivity contribution < 1.29 is 4.79 Å². The topological polar surface area (TPSA) is 38.1 Å². The monoisotopic (exact) mass is 333 g/mol. The van der Waals surface area contributed by atoms with Crippen LogP contribution >= 0.6 is 11.6 Å². The fourth-order valence-corrected chi connectivity index (χ4v) is 3.13. The number of hydrogen-bond acceptors (Lipinski definition) is 2. The van der Waals surface area contributed by atoms with Crippen LogP contribution in [0.5, 0.6) is 0 Å².